The van der Waals surface area contributed by atoms with Crippen molar-refractivity contribution in [2.24, 2.45) is 5.92 Å². The zero-order chi connectivity index (χ0) is 19.8. The molecule has 2 aromatic carbocycles. The number of hydrogen-bond acceptors (Lipinski definition) is 3. The summed E-state index contributed by atoms with van der Waals surface area (Å²) in [5, 5.41) is 3.38. The Balaban J connectivity index is 1.70. The topological polar surface area (TPSA) is 47.6 Å². The van der Waals surface area contributed by atoms with E-state index >= 15 is 0 Å². The van der Waals surface area contributed by atoms with E-state index in [1.54, 1.807) is 26.4 Å². The molecular formula is C22H26ClNO3. The Kier molecular flexibility index (Phi) is 5.38. The summed E-state index contributed by atoms with van der Waals surface area (Å²) >= 11 is 6.18. The highest BCUT2D eigenvalue weighted by Gasteiger charge is 2.44. The van der Waals surface area contributed by atoms with Crippen molar-refractivity contribution in [3.05, 3.63) is 52.5 Å². The van der Waals surface area contributed by atoms with E-state index in [4.69, 9.17) is 21.1 Å². The molecule has 0 heterocycles. The fourth-order valence-electron chi connectivity index (χ4n) is 3.27. The molecule has 2 unspecified atom stereocenters. The lowest BCUT2D eigenvalue weighted by Crippen LogP contribution is -2.15. The summed E-state index contributed by atoms with van der Waals surface area (Å²) in [5.74, 6) is 1.25. The highest BCUT2D eigenvalue weighted by atomic mass is 35.5. The maximum atomic E-state index is 12.7. The van der Waals surface area contributed by atoms with Gasteiger partial charge in [-0.1, -0.05) is 56.6 Å². The Morgan fingerprint density at radius 2 is 1.70 bits per heavy atom. The Hall–Kier alpha value is -2.20. The summed E-state index contributed by atoms with van der Waals surface area (Å²) in [4.78, 5) is 12.7. The minimum atomic E-state index is -0.0314. The molecule has 0 aromatic heterocycles. The molecule has 4 nitrogen and oxygen atoms in total. The molecule has 27 heavy (non-hydrogen) atoms. The number of ether oxygens (including phenoxy) is 2. The van der Waals surface area contributed by atoms with E-state index in [1.807, 2.05) is 0 Å². The van der Waals surface area contributed by atoms with E-state index in [2.05, 4.69) is 50.4 Å². The van der Waals surface area contributed by atoms with E-state index in [9.17, 15) is 4.79 Å². The Morgan fingerprint density at radius 3 is 2.26 bits per heavy atom. The number of nitrogens with one attached hydrogen (secondary N) is 1. The van der Waals surface area contributed by atoms with Gasteiger partial charge in [0.25, 0.3) is 0 Å². The van der Waals surface area contributed by atoms with Crippen LogP contribution in [-0.4, -0.2) is 20.1 Å². The average molecular weight is 388 g/mol. The van der Waals surface area contributed by atoms with Crippen LogP contribution < -0.4 is 14.8 Å². The second kappa shape index (κ2) is 7.43. The minimum absolute atomic E-state index is 0.0144. The molecule has 1 aliphatic rings. The number of methoxy groups -OCH3 is 2. The van der Waals surface area contributed by atoms with Crippen molar-refractivity contribution in [3.8, 4) is 11.5 Å². The van der Waals surface area contributed by atoms with Gasteiger partial charge in [0.05, 0.1) is 24.9 Å². The summed E-state index contributed by atoms with van der Waals surface area (Å²) in [5.41, 5.74) is 3.19. The van der Waals surface area contributed by atoms with Crippen molar-refractivity contribution < 1.29 is 14.3 Å². The zero-order valence-corrected chi connectivity index (χ0v) is 17.2. The Morgan fingerprint density at radius 1 is 1.07 bits per heavy atom. The van der Waals surface area contributed by atoms with Crippen molar-refractivity contribution in [3.63, 3.8) is 0 Å². The molecule has 1 saturated carbocycles. The third-order valence-corrected chi connectivity index (χ3v) is 5.36. The lowest BCUT2D eigenvalue weighted by atomic mass is 9.86. The van der Waals surface area contributed by atoms with Crippen LogP contribution in [0, 0.1) is 5.92 Å². The van der Waals surface area contributed by atoms with Crippen LogP contribution in [0.2, 0.25) is 5.02 Å². The predicted molar refractivity (Wildman–Crippen MR) is 109 cm³/mol. The number of rotatable bonds is 5. The molecule has 3 rings (SSSR count). The monoisotopic (exact) mass is 387 g/mol. The number of halogens is 1. The van der Waals surface area contributed by atoms with E-state index in [1.165, 1.54) is 11.1 Å². The van der Waals surface area contributed by atoms with Gasteiger partial charge in [-0.25, -0.2) is 0 Å². The first-order valence-corrected chi connectivity index (χ1v) is 9.45. The van der Waals surface area contributed by atoms with Crippen molar-refractivity contribution in [1.29, 1.82) is 0 Å². The molecular weight excluding hydrogens is 362 g/mol. The molecule has 2 atom stereocenters. The molecule has 2 aromatic rings. The standard InChI is InChI=1S/C22H26ClNO3/c1-22(2,3)14-8-6-13(7-9-14)15-10-16(15)21(25)24-18-11-17(23)19(26-4)12-20(18)27-5/h6-9,11-12,15-16H,10H2,1-5H3,(H,24,25). The number of hydrogen-bond donors (Lipinski definition) is 1. The normalized spacial score (nSPS) is 18.7. The second-order valence-corrected chi connectivity index (χ2v) is 8.40. The van der Waals surface area contributed by atoms with Crippen LogP contribution in [0.15, 0.2) is 36.4 Å². The molecule has 1 fully saturated rings. The lowest BCUT2D eigenvalue weighted by Gasteiger charge is -2.19. The molecule has 0 spiro atoms. The molecule has 1 amide bonds. The van der Waals surface area contributed by atoms with Crippen molar-refractivity contribution in [2.45, 2.75) is 38.5 Å². The second-order valence-electron chi connectivity index (χ2n) is 8.00. The summed E-state index contributed by atoms with van der Waals surface area (Å²) in [6.07, 6.45) is 0.854. The maximum Gasteiger partial charge on any atom is 0.228 e. The van der Waals surface area contributed by atoms with Gasteiger partial charge >= 0.3 is 0 Å². The minimum Gasteiger partial charge on any atom is -0.495 e. The van der Waals surface area contributed by atoms with Gasteiger partial charge in [-0.05, 0) is 34.9 Å². The number of benzene rings is 2. The highest BCUT2D eigenvalue weighted by Crippen LogP contribution is 2.48. The van der Waals surface area contributed by atoms with Gasteiger partial charge in [0, 0.05) is 12.0 Å². The Bertz CT molecular complexity index is 840. The molecule has 1 aliphatic carbocycles. The lowest BCUT2D eigenvalue weighted by molar-refractivity contribution is -0.117. The summed E-state index contributed by atoms with van der Waals surface area (Å²) in [6, 6.07) is 11.9. The fourth-order valence-corrected chi connectivity index (χ4v) is 3.51. The first-order valence-electron chi connectivity index (χ1n) is 9.07. The number of anilines is 1. The predicted octanol–water partition coefficient (Wildman–Crippen LogP) is 5.40. The van der Waals surface area contributed by atoms with Gasteiger partial charge in [0.1, 0.15) is 11.5 Å². The third kappa shape index (κ3) is 4.22. The summed E-state index contributed by atoms with van der Waals surface area (Å²) < 4.78 is 10.5. The average Bonchev–Trinajstić information content (AvgIpc) is 3.42. The molecule has 144 valence electrons. The van der Waals surface area contributed by atoms with Crippen LogP contribution >= 0.6 is 11.6 Å². The Labute approximate surface area is 165 Å². The van der Waals surface area contributed by atoms with Gasteiger partial charge in [-0.2, -0.15) is 0 Å². The largest absolute Gasteiger partial charge is 0.495 e. The SMILES string of the molecule is COc1cc(OC)c(NC(=O)C2CC2c2ccc(C(C)(C)C)cc2)cc1Cl. The molecule has 0 saturated heterocycles. The van der Waals surface area contributed by atoms with E-state index < -0.39 is 0 Å². The van der Waals surface area contributed by atoms with Gasteiger partial charge in [0.2, 0.25) is 5.91 Å². The van der Waals surface area contributed by atoms with Crippen LogP contribution in [0.1, 0.15) is 44.2 Å². The summed E-state index contributed by atoms with van der Waals surface area (Å²) in [6.45, 7) is 6.59. The van der Waals surface area contributed by atoms with Crippen LogP contribution in [0.3, 0.4) is 0 Å². The van der Waals surface area contributed by atoms with E-state index in [-0.39, 0.29) is 23.2 Å². The summed E-state index contributed by atoms with van der Waals surface area (Å²) in [7, 11) is 3.09. The van der Waals surface area contributed by atoms with Crippen molar-refractivity contribution >= 4 is 23.2 Å². The number of amides is 1. The molecule has 0 bridgehead atoms. The van der Waals surface area contributed by atoms with Gasteiger partial charge in [-0.3, -0.25) is 4.79 Å². The van der Waals surface area contributed by atoms with Crippen molar-refractivity contribution in [2.75, 3.05) is 19.5 Å². The molecule has 0 radical (unpaired) electrons. The van der Waals surface area contributed by atoms with Crippen LogP contribution in [0.4, 0.5) is 5.69 Å². The van der Waals surface area contributed by atoms with Crippen LogP contribution in [0.25, 0.3) is 0 Å². The first kappa shape index (κ1) is 19.6. The van der Waals surface area contributed by atoms with Gasteiger partial charge in [0.15, 0.2) is 0 Å². The molecule has 0 aliphatic heterocycles. The van der Waals surface area contributed by atoms with Crippen LogP contribution in [0.5, 0.6) is 11.5 Å². The van der Waals surface area contributed by atoms with Crippen LogP contribution in [-0.2, 0) is 10.2 Å². The highest BCUT2D eigenvalue weighted by molar-refractivity contribution is 6.32. The van der Waals surface area contributed by atoms with Gasteiger partial charge in [-0.15, -0.1) is 0 Å². The maximum absolute atomic E-state index is 12.7. The fraction of sp³-hybridized carbons (Fsp3) is 0.409. The van der Waals surface area contributed by atoms with Gasteiger partial charge < -0.3 is 14.8 Å². The smallest absolute Gasteiger partial charge is 0.228 e. The quantitative estimate of drug-likeness (QED) is 0.747. The van der Waals surface area contributed by atoms with E-state index in [0.29, 0.717) is 22.2 Å². The zero-order valence-electron chi connectivity index (χ0n) is 16.4. The number of carbonyl (C=O) groups is 1. The third-order valence-electron chi connectivity index (χ3n) is 5.06. The number of carbonyl (C=O) groups excluding carboxylic acids is 1. The molecule has 1 N–H and O–H groups in total. The van der Waals surface area contributed by atoms with Crippen molar-refractivity contribution in [1.82, 2.24) is 0 Å². The first-order chi connectivity index (χ1) is 12.7. The molecule has 5 heteroatoms. The van der Waals surface area contributed by atoms with E-state index in [0.717, 1.165) is 6.42 Å².